The predicted octanol–water partition coefficient (Wildman–Crippen LogP) is 1.13. The van der Waals surface area contributed by atoms with E-state index in [1.165, 1.54) is 0 Å². The molecule has 0 aliphatic rings. The topological polar surface area (TPSA) is 147 Å². The van der Waals surface area contributed by atoms with E-state index in [2.05, 4.69) is 14.7 Å². The first-order valence-electron chi connectivity index (χ1n) is 6.38. The third-order valence-corrected chi connectivity index (χ3v) is 2.57. The Balaban J connectivity index is 2.20. The van der Waals surface area contributed by atoms with Crippen molar-refractivity contribution in [3.8, 4) is 0 Å². The highest BCUT2D eigenvalue weighted by Crippen LogP contribution is 2.07. The van der Waals surface area contributed by atoms with Gasteiger partial charge in [-0.25, -0.2) is 4.79 Å². The number of carbonyl (C=O) groups is 1. The molecule has 11 heteroatoms. The fourth-order valence-corrected chi connectivity index (χ4v) is 1.61. The summed E-state index contributed by atoms with van der Waals surface area (Å²) in [5.74, 6) is -0.500. The number of aromatic amines is 1. The summed E-state index contributed by atoms with van der Waals surface area (Å²) < 4.78 is 4.96. The van der Waals surface area contributed by atoms with Gasteiger partial charge in [-0.2, -0.15) is 0 Å². The standard InChI is InChI=1S/C11H15N3O8/c15-11(10-5-3-6-12-10)20-7-2-1-4-9(22-14(18)19)8-21-13(16)17/h3,5-6,9,12H,1-2,4,7-8H2/t9-/m0/s1. The Kier molecular flexibility index (Phi) is 7.16. The van der Waals surface area contributed by atoms with Crippen LogP contribution in [-0.2, 0) is 14.4 Å². The molecule has 0 fully saturated rings. The zero-order valence-electron chi connectivity index (χ0n) is 11.5. The van der Waals surface area contributed by atoms with E-state index in [4.69, 9.17) is 4.74 Å². The molecule has 0 amide bonds. The summed E-state index contributed by atoms with van der Waals surface area (Å²) >= 11 is 0. The third-order valence-electron chi connectivity index (χ3n) is 2.57. The average molecular weight is 317 g/mol. The molecule has 11 nitrogen and oxygen atoms in total. The smallest absolute Gasteiger partial charge is 0.354 e. The molecule has 0 saturated heterocycles. The number of ether oxygens (including phenoxy) is 1. The first-order chi connectivity index (χ1) is 10.5. The molecule has 0 aromatic carbocycles. The van der Waals surface area contributed by atoms with Crippen molar-refractivity contribution in [2.24, 2.45) is 0 Å². The van der Waals surface area contributed by atoms with Gasteiger partial charge in [-0.15, -0.1) is 20.2 Å². The van der Waals surface area contributed by atoms with Gasteiger partial charge in [-0.1, -0.05) is 0 Å². The van der Waals surface area contributed by atoms with Crippen molar-refractivity contribution in [1.29, 1.82) is 0 Å². The second kappa shape index (κ2) is 9.15. The number of unbranched alkanes of at least 4 members (excludes halogenated alkanes) is 1. The number of rotatable bonds is 11. The van der Waals surface area contributed by atoms with Crippen LogP contribution in [0.4, 0.5) is 0 Å². The number of nitrogens with one attached hydrogen (secondary N) is 1. The summed E-state index contributed by atoms with van der Waals surface area (Å²) in [5, 5.41) is 18.2. The third kappa shape index (κ3) is 7.07. The zero-order valence-corrected chi connectivity index (χ0v) is 11.5. The lowest BCUT2D eigenvalue weighted by atomic mass is 10.2. The van der Waals surface area contributed by atoms with Crippen molar-refractivity contribution in [3.63, 3.8) is 0 Å². The molecule has 1 rings (SSSR count). The van der Waals surface area contributed by atoms with E-state index in [0.717, 1.165) is 0 Å². The van der Waals surface area contributed by atoms with Crippen LogP contribution in [-0.4, -0.2) is 40.4 Å². The number of esters is 1. The Morgan fingerprint density at radius 3 is 2.64 bits per heavy atom. The highest BCUT2D eigenvalue weighted by Gasteiger charge is 2.15. The molecule has 1 atom stereocenters. The van der Waals surface area contributed by atoms with Crippen LogP contribution >= 0.6 is 0 Å². The molecule has 0 spiro atoms. The van der Waals surface area contributed by atoms with E-state index in [-0.39, 0.29) is 13.0 Å². The van der Waals surface area contributed by atoms with Crippen LogP contribution in [0.5, 0.6) is 0 Å². The average Bonchev–Trinajstić information content (AvgIpc) is 2.97. The summed E-state index contributed by atoms with van der Waals surface area (Å²) in [5.41, 5.74) is 0.328. The van der Waals surface area contributed by atoms with Gasteiger partial charge >= 0.3 is 5.97 Å². The minimum absolute atomic E-state index is 0.124. The SMILES string of the molecule is O=C(OCCCC[C@@H](CO[N+](=O)[O-])O[N+](=O)[O-])c1ccc[nH]1. The van der Waals surface area contributed by atoms with E-state index in [1.807, 2.05) is 0 Å². The lowest BCUT2D eigenvalue weighted by Crippen LogP contribution is -2.24. The van der Waals surface area contributed by atoms with E-state index >= 15 is 0 Å². The highest BCUT2D eigenvalue weighted by atomic mass is 17.0. The first kappa shape index (κ1) is 17.2. The first-order valence-corrected chi connectivity index (χ1v) is 6.38. The number of carbonyl (C=O) groups excluding carboxylic acids is 1. The fourth-order valence-electron chi connectivity index (χ4n) is 1.61. The van der Waals surface area contributed by atoms with E-state index in [1.54, 1.807) is 18.3 Å². The molecule has 1 aromatic rings. The molecule has 0 aliphatic carbocycles. The van der Waals surface area contributed by atoms with Crippen LogP contribution < -0.4 is 0 Å². The number of hydrogen-bond acceptors (Lipinski definition) is 8. The number of hydrogen-bond donors (Lipinski definition) is 1. The Morgan fingerprint density at radius 1 is 1.27 bits per heavy atom. The van der Waals surface area contributed by atoms with Crippen molar-refractivity contribution in [2.75, 3.05) is 13.2 Å². The van der Waals surface area contributed by atoms with Gasteiger partial charge in [0.15, 0.2) is 0 Å². The Hall–Kier alpha value is -2.85. The maximum absolute atomic E-state index is 11.5. The molecule has 0 radical (unpaired) electrons. The molecule has 0 unspecified atom stereocenters. The second-order valence-corrected chi connectivity index (χ2v) is 4.19. The Morgan fingerprint density at radius 2 is 2.05 bits per heavy atom. The van der Waals surface area contributed by atoms with Gasteiger partial charge in [0.1, 0.15) is 18.4 Å². The Labute approximate surface area is 124 Å². The van der Waals surface area contributed by atoms with Crippen LogP contribution in [0, 0.1) is 20.2 Å². The number of aromatic nitrogens is 1. The zero-order chi connectivity index (χ0) is 16.4. The maximum atomic E-state index is 11.5. The molecular weight excluding hydrogens is 302 g/mol. The van der Waals surface area contributed by atoms with Gasteiger partial charge in [0.25, 0.3) is 10.2 Å². The molecule has 1 aromatic heterocycles. The van der Waals surface area contributed by atoms with Gasteiger partial charge in [0.05, 0.1) is 6.61 Å². The molecule has 22 heavy (non-hydrogen) atoms. The van der Waals surface area contributed by atoms with Crippen molar-refractivity contribution < 1.29 is 29.4 Å². The van der Waals surface area contributed by atoms with E-state index in [0.29, 0.717) is 18.5 Å². The van der Waals surface area contributed by atoms with E-state index in [9.17, 15) is 25.0 Å². The predicted molar refractivity (Wildman–Crippen MR) is 69.7 cm³/mol. The van der Waals surface area contributed by atoms with Crippen LogP contribution in [0.25, 0.3) is 0 Å². The summed E-state index contributed by atoms with van der Waals surface area (Å²) in [7, 11) is 0. The van der Waals surface area contributed by atoms with Crippen LogP contribution in [0.2, 0.25) is 0 Å². The van der Waals surface area contributed by atoms with Gasteiger partial charge in [-0.3, -0.25) is 0 Å². The lowest BCUT2D eigenvalue weighted by molar-refractivity contribution is -0.790. The van der Waals surface area contributed by atoms with Crippen LogP contribution in [0.3, 0.4) is 0 Å². The summed E-state index contributed by atoms with van der Waals surface area (Å²) in [6.45, 7) is -0.407. The lowest BCUT2D eigenvalue weighted by Gasteiger charge is -2.13. The molecule has 122 valence electrons. The second-order valence-electron chi connectivity index (χ2n) is 4.19. The van der Waals surface area contributed by atoms with Crippen molar-refractivity contribution >= 4 is 5.97 Å². The minimum Gasteiger partial charge on any atom is -0.461 e. The van der Waals surface area contributed by atoms with Crippen molar-refractivity contribution in [2.45, 2.75) is 25.4 Å². The van der Waals surface area contributed by atoms with Gasteiger partial charge in [-0.05, 0) is 31.4 Å². The monoisotopic (exact) mass is 317 g/mol. The normalized spacial score (nSPS) is 11.5. The Bertz CT molecular complexity index is 490. The summed E-state index contributed by atoms with van der Waals surface area (Å²) in [6.07, 6.45) is 1.56. The van der Waals surface area contributed by atoms with Crippen molar-refractivity contribution in [3.05, 3.63) is 44.3 Å². The highest BCUT2D eigenvalue weighted by molar-refractivity contribution is 5.87. The van der Waals surface area contributed by atoms with Gasteiger partial charge in [0, 0.05) is 6.20 Å². The minimum atomic E-state index is -1.05. The van der Waals surface area contributed by atoms with Gasteiger partial charge in [0.2, 0.25) is 0 Å². The number of nitrogens with zero attached hydrogens (tertiary/aromatic N) is 2. The fraction of sp³-hybridized carbons (Fsp3) is 0.545. The van der Waals surface area contributed by atoms with Gasteiger partial charge < -0.3 is 19.4 Å². The molecule has 0 saturated carbocycles. The molecule has 0 aliphatic heterocycles. The molecule has 1 N–H and O–H groups in total. The summed E-state index contributed by atoms with van der Waals surface area (Å²) in [6, 6.07) is 3.23. The summed E-state index contributed by atoms with van der Waals surface area (Å²) in [4.78, 5) is 42.8. The number of H-pyrrole nitrogens is 1. The molecule has 1 heterocycles. The maximum Gasteiger partial charge on any atom is 0.354 e. The van der Waals surface area contributed by atoms with Crippen LogP contribution in [0.1, 0.15) is 29.8 Å². The van der Waals surface area contributed by atoms with E-state index < -0.39 is 28.9 Å². The van der Waals surface area contributed by atoms with Crippen LogP contribution in [0.15, 0.2) is 18.3 Å². The molecule has 0 bridgehead atoms. The largest absolute Gasteiger partial charge is 0.461 e. The van der Waals surface area contributed by atoms with Crippen molar-refractivity contribution in [1.82, 2.24) is 4.98 Å². The quantitative estimate of drug-likeness (QED) is 0.276. The molecular formula is C11H15N3O8.